The molecule has 12 heavy (non-hydrogen) atoms. The van der Waals surface area contributed by atoms with Crippen LogP contribution in [0.2, 0.25) is 0 Å². The Morgan fingerprint density at radius 2 is 2.00 bits per heavy atom. The largest absolute Gasteiger partial charge is 0.346 e. The van der Waals surface area contributed by atoms with Crippen LogP contribution in [0.4, 0.5) is 0 Å². The fourth-order valence-electron chi connectivity index (χ4n) is 1.19. The quantitative estimate of drug-likeness (QED) is 0.569. The Kier molecular flexibility index (Phi) is 12.3. The summed E-state index contributed by atoms with van der Waals surface area (Å²) in [4.78, 5) is 8.70. The Bertz CT molecular complexity index is 120. The monoisotopic (exact) mass is 236 g/mol. The summed E-state index contributed by atoms with van der Waals surface area (Å²) >= 11 is 0. The van der Waals surface area contributed by atoms with Crippen molar-refractivity contribution in [2.45, 2.75) is 39.5 Å². The van der Waals surface area contributed by atoms with Crippen molar-refractivity contribution in [3.63, 3.8) is 0 Å². The van der Waals surface area contributed by atoms with Gasteiger partial charge in [-0.2, -0.15) is 0 Å². The van der Waals surface area contributed by atoms with Gasteiger partial charge in [0.2, 0.25) is 0 Å². The molecule has 0 heterocycles. The van der Waals surface area contributed by atoms with Crippen molar-refractivity contribution in [1.29, 1.82) is 0 Å². The van der Waals surface area contributed by atoms with E-state index in [-0.39, 0.29) is 16.5 Å². The van der Waals surface area contributed by atoms with Gasteiger partial charge in [-0.1, -0.05) is 33.1 Å². The molecule has 4 heteroatoms. The molecular formula is C8H19NiO2P. The standard InChI is InChI=1S/C8H19O2P.Ni/c1-3-5-6-8(4-2)7-11(9)10;/h8,11H,3-7H2,1-2H3,(H,9,10);. The Labute approximate surface area is 85.9 Å². The van der Waals surface area contributed by atoms with E-state index >= 15 is 0 Å². The predicted molar refractivity (Wildman–Crippen MR) is 49.4 cm³/mol. The van der Waals surface area contributed by atoms with Crippen LogP contribution < -0.4 is 0 Å². The van der Waals surface area contributed by atoms with Crippen LogP contribution in [0.3, 0.4) is 0 Å². The second-order valence-corrected chi connectivity index (χ2v) is 4.21. The summed E-state index contributed by atoms with van der Waals surface area (Å²) in [6.07, 6.45) is 5.05. The van der Waals surface area contributed by atoms with Crippen LogP contribution in [0.1, 0.15) is 39.5 Å². The molecular weight excluding hydrogens is 218 g/mol. The number of rotatable bonds is 6. The summed E-state index contributed by atoms with van der Waals surface area (Å²) in [5.41, 5.74) is 0. The van der Waals surface area contributed by atoms with Crippen LogP contribution in [0.5, 0.6) is 0 Å². The van der Waals surface area contributed by atoms with Crippen LogP contribution in [0.15, 0.2) is 0 Å². The third-order valence-corrected chi connectivity index (χ3v) is 2.93. The molecule has 0 rings (SSSR count). The predicted octanol–water partition coefficient (Wildman–Crippen LogP) is 2.67. The fraction of sp³-hybridized carbons (Fsp3) is 1.00. The number of unbranched alkanes of at least 4 members (excludes halogenated alkanes) is 1. The van der Waals surface area contributed by atoms with Gasteiger partial charge < -0.3 is 4.89 Å². The Balaban J connectivity index is 0. The van der Waals surface area contributed by atoms with Crippen molar-refractivity contribution in [3.8, 4) is 0 Å². The third kappa shape index (κ3) is 8.78. The van der Waals surface area contributed by atoms with Crippen LogP contribution in [0.25, 0.3) is 0 Å². The van der Waals surface area contributed by atoms with Gasteiger partial charge in [-0.15, -0.1) is 0 Å². The van der Waals surface area contributed by atoms with E-state index in [9.17, 15) is 4.57 Å². The minimum Gasteiger partial charge on any atom is -0.346 e. The molecule has 0 aromatic carbocycles. The molecule has 0 saturated carbocycles. The van der Waals surface area contributed by atoms with Crippen LogP contribution >= 0.6 is 8.03 Å². The fourth-order valence-corrected chi connectivity index (χ4v) is 2.18. The maximum atomic E-state index is 10.5. The normalized spacial score (nSPS) is 14.9. The Morgan fingerprint density at radius 1 is 1.42 bits per heavy atom. The number of hydrogen-bond acceptors (Lipinski definition) is 1. The van der Waals surface area contributed by atoms with E-state index in [1.54, 1.807) is 0 Å². The molecule has 0 aliphatic heterocycles. The molecule has 0 radical (unpaired) electrons. The average molecular weight is 237 g/mol. The van der Waals surface area contributed by atoms with Crippen LogP contribution in [-0.2, 0) is 21.1 Å². The van der Waals surface area contributed by atoms with Gasteiger partial charge in [0.1, 0.15) is 0 Å². The molecule has 0 saturated heterocycles. The zero-order valence-corrected chi connectivity index (χ0v) is 9.77. The first-order valence-electron chi connectivity index (χ1n) is 4.42. The zero-order chi connectivity index (χ0) is 8.69. The van der Waals surface area contributed by atoms with E-state index in [0.717, 1.165) is 12.8 Å². The molecule has 0 spiro atoms. The van der Waals surface area contributed by atoms with Crippen molar-refractivity contribution in [3.05, 3.63) is 0 Å². The first-order chi connectivity index (χ1) is 5.20. The summed E-state index contributed by atoms with van der Waals surface area (Å²) in [5.74, 6) is 0.478. The van der Waals surface area contributed by atoms with E-state index in [2.05, 4.69) is 13.8 Å². The van der Waals surface area contributed by atoms with Crippen molar-refractivity contribution in [2.24, 2.45) is 5.92 Å². The molecule has 2 unspecified atom stereocenters. The second kappa shape index (κ2) is 9.77. The van der Waals surface area contributed by atoms with E-state index in [0.29, 0.717) is 12.1 Å². The van der Waals surface area contributed by atoms with Crippen molar-refractivity contribution in [2.75, 3.05) is 6.16 Å². The number of hydrogen-bond donors (Lipinski definition) is 1. The summed E-state index contributed by atoms with van der Waals surface area (Å²) in [6, 6.07) is 0. The van der Waals surface area contributed by atoms with E-state index in [1.807, 2.05) is 0 Å². The summed E-state index contributed by atoms with van der Waals surface area (Å²) in [7, 11) is -2.23. The summed E-state index contributed by atoms with van der Waals surface area (Å²) in [5, 5.41) is 0. The smallest absolute Gasteiger partial charge is 0.189 e. The molecule has 0 aliphatic rings. The molecule has 2 atom stereocenters. The van der Waals surface area contributed by atoms with Gasteiger partial charge in [-0.05, 0) is 12.3 Å². The van der Waals surface area contributed by atoms with Crippen molar-refractivity contribution in [1.82, 2.24) is 0 Å². The maximum Gasteiger partial charge on any atom is 0.189 e. The molecule has 0 amide bonds. The minimum absolute atomic E-state index is 0. The van der Waals surface area contributed by atoms with Crippen molar-refractivity contribution < 1.29 is 25.9 Å². The maximum absolute atomic E-state index is 10.5. The topological polar surface area (TPSA) is 37.3 Å². The molecule has 0 fully saturated rings. The van der Waals surface area contributed by atoms with Crippen molar-refractivity contribution >= 4 is 8.03 Å². The summed E-state index contributed by atoms with van der Waals surface area (Å²) < 4.78 is 10.5. The summed E-state index contributed by atoms with van der Waals surface area (Å²) in [6.45, 7) is 4.24. The van der Waals surface area contributed by atoms with E-state index < -0.39 is 8.03 Å². The Hall–Kier alpha value is 0.684. The minimum atomic E-state index is -2.23. The molecule has 1 N–H and O–H groups in total. The first kappa shape index (κ1) is 15.2. The second-order valence-electron chi connectivity index (χ2n) is 3.01. The van der Waals surface area contributed by atoms with Gasteiger partial charge in [-0.25, -0.2) is 0 Å². The molecule has 0 aromatic heterocycles. The van der Waals surface area contributed by atoms with Gasteiger partial charge in [0.25, 0.3) is 0 Å². The molecule has 0 bridgehead atoms. The Morgan fingerprint density at radius 3 is 2.33 bits per heavy atom. The first-order valence-corrected chi connectivity index (χ1v) is 5.98. The molecule has 0 aromatic rings. The van der Waals surface area contributed by atoms with Gasteiger partial charge in [-0.3, -0.25) is 4.57 Å². The van der Waals surface area contributed by atoms with Gasteiger partial charge >= 0.3 is 0 Å². The molecule has 2 nitrogen and oxygen atoms in total. The molecule has 78 valence electrons. The van der Waals surface area contributed by atoms with Gasteiger partial charge in [0.15, 0.2) is 8.03 Å². The molecule has 0 aliphatic carbocycles. The van der Waals surface area contributed by atoms with Gasteiger partial charge in [0, 0.05) is 22.7 Å². The van der Waals surface area contributed by atoms with Crippen LogP contribution in [-0.4, -0.2) is 11.1 Å². The van der Waals surface area contributed by atoms with Gasteiger partial charge in [0.05, 0.1) is 0 Å². The average Bonchev–Trinajstić information content (AvgIpc) is 1.97. The zero-order valence-electron chi connectivity index (χ0n) is 7.78. The van der Waals surface area contributed by atoms with Crippen LogP contribution in [0, 0.1) is 5.92 Å². The van der Waals surface area contributed by atoms with E-state index in [1.165, 1.54) is 12.8 Å². The third-order valence-electron chi connectivity index (χ3n) is 2.01. The SMILES string of the molecule is CCCCC(CC)C[PH](=O)O.[Ni]. The van der Waals surface area contributed by atoms with E-state index in [4.69, 9.17) is 4.89 Å².